The Morgan fingerprint density at radius 1 is 1.06 bits per heavy atom. The number of rotatable bonds is 12. The predicted molar refractivity (Wildman–Crippen MR) is 121 cm³/mol. The van der Waals surface area contributed by atoms with E-state index in [4.69, 9.17) is 19.9 Å². The van der Waals surface area contributed by atoms with Crippen LogP contribution in [0, 0.1) is 6.92 Å². The maximum absolute atomic E-state index is 6.00. The van der Waals surface area contributed by atoms with Gasteiger partial charge in [0.15, 0.2) is 0 Å². The molecule has 1 saturated heterocycles. The fourth-order valence-electron chi connectivity index (χ4n) is 3.22. The van der Waals surface area contributed by atoms with Crippen LogP contribution in [0.3, 0.4) is 0 Å². The number of hydrogen-bond donors (Lipinski definition) is 3. The number of ether oxygens (including phenoxy) is 3. The number of anilines is 2. The normalized spacial score (nSPS) is 14.5. The van der Waals surface area contributed by atoms with Gasteiger partial charge in [-0.1, -0.05) is 24.3 Å². The second kappa shape index (κ2) is 12.4. The molecule has 0 unspecified atom stereocenters. The van der Waals surface area contributed by atoms with Gasteiger partial charge in [0.05, 0.1) is 19.8 Å². The number of nitrogen functional groups attached to an aromatic ring is 1. The fraction of sp³-hybridized carbons (Fsp3) is 0.545. The van der Waals surface area contributed by atoms with Crippen molar-refractivity contribution in [3.05, 3.63) is 41.0 Å². The fourth-order valence-corrected chi connectivity index (χ4v) is 3.22. The van der Waals surface area contributed by atoms with E-state index < -0.39 is 0 Å². The molecule has 9 nitrogen and oxygen atoms in total. The minimum atomic E-state index is 0.251. The van der Waals surface area contributed by atoms with Crippen LogP contribution in [-0.2, 0) is 22.6 Å². The van der Waals surface area contributed by atoms with E-state index in [0.29, 0.717) is 31.4 Å². The highest BCUT2D eigenvalue weighted by molar-refractivity contribution is 5.55. The molecular formula is C22H34N6O3. The molecule has 1 aromatic carbocycles. The SMILES string of the molecule is COCCOc1nc(N)c(C)c(NCc2ccc(CNCCN3CCOCC3)cc2)n1. The molecule has 1 aliphatic rings. The van der Waals surface area contributed by atoms with E-state index in [1.165, 1.54) is 5.56 Å². The molecule has 2 heterocycles. The Labute approximate surface area is 184 Å². The van der Waals surface area contributed by atoms with Crippen LogP contribution < -0.4 is 21.1 Å². The van der Waals surface area contributed by atoms with Crippen molar-refractivity contribution >= 4 is 11.6 Å². The number of methoxy groups -OCH3 is 1. The van der Waals surface area contributed by atoms with Gasteiger partial charge in [-0.25, -0.2) is 0 Å². The van der Waals surface area contributed by atoms with Crippen molar-refractivity contribution in [2.75, 3.05) is 70.8 Å². The van der Waals surface area contributed by atoms with Crippen molar-refractivity contribution in [2.24, 2.45) is 0 Å². The van der Waals surface area contributed by atoms with E-state index in [-0.39, 0.29) is 6.01 Å². The average molecular weight is 431 g/mol. The first-order chi connectivity index (χ1) is 15.2. The molecule has 1 fully saturated rings. The van der Waals surface area contributed by atoms with Crippen molar-refractivity contribution in [1.82, 2.24) is 20.2 Å². The minimum absolute atomic E-state index is 0.251. The van der Waals surface area contributed by atoms with Gasteiger partial charge in [-0.05, 0) is 18.1 Å². The van der Waals surface area contributed by atoms with E-state index >= 15 is 0 Å². The lowest BCUT2D eigenvalue weighted by Crippen LogP contribution is -2.40. The van der Waals surface area contributed by atoms with E-state index in [2.05, 4.69) is 49.8 Å². The van der Waals surface area contributed by atoms with Gasteiger partial charge in [-0.3, -0.25) is 4.90 Å². The molecule has 170 valence electrons. The molecular weight excluding hydrogens is 396 g/mol. The average Bonchev–Trinajstić information content (AvgIpc) is 2.80. The van der Waals surface area contributed by atoms with Gasteiger partial charge >= 0.3 is 6.01 Å². The zero-order chi connectivity index (χ0) is 21.9. The highest BCUT2D eigenvalue weighted by Gasteiger charge is 2.10. The Balaban J connectivity index is 1.44. The van der Waals surface area contributed by atoms with Gasteiger partial charge in [-0.15, -0.1) is 0 Å². The summed E-state index contributed by atoms with van der Waals surface area (Å²) in [6.45, 7) is 10.0. The lowest BCUT2D eigenvalue weighted by atomic mass is 10.1. The van der Waals surface area contributed by atoms with Gasteiger partial charge in [0.2, 0.25) is 0 Å². The standard InChI is InChI=1S/C22H34N6O3/c1-17-20(23)26-22(31-14-13-29-2)27-21(17)25-16-19-5-3-18(4-6-19)15-24-7-8-28-9-11-30-12-10-28/h3-6,24H,7-16H2,1-2H3,(H3,23,25,26,27). The topological polar surface area (TPSA) is 107 Å². The Kier molecular flexibility index (Phi) is 9.29. The summed E-state index contributed by atoms with van der Waals surface area (Å²) in [7, 11) is 1.62. The molecule has 0 saturated carbocycles. The van der Waals surface area contributed by atoms with Gasteiger partial charge < -0.3 is 30.6 Å². The zero-order valence-corrected chi connectivity index (χ0v) is 18.5. The molecule has 0 aliphatic carbocycles. The molecule has 1 aliphatic heterocycles. The maximum atomic E-state index is 6.00. The first-order valence-electron chi connectivity index (χ1n) is 10.7. The van der Waals surface area contributed by atoms with Crippen LogP contribution >= 0.6 is 0 Å². The molecule has 3 rings (SSSR count). The van der Waals surface area contributed by atoms with Gasteiger partial charge in [-0.2, -0.15) is 9.97 Å². The lowest BCUT2D eigenvalue weighted by Gasteiger charge is -2.26. The molecule has 9 heteroatoms. The van der Waals surface area contributed by atoms with Crippen LogP contribution in [0.15, 0.2) is 24.3 Å². The second-order valence-electron chi connectivity index (χ2n) is 7.51. The summed E-state index contributed by atoms with van der Waals surface area (Å²) in [6, 6.07) is 8.81. The molecule has 2 aromatic rings. The minimum Gasteiger partial charge on any atom is -0.461 e. The van der Waals surface area contributed by atoms with E-state index in [0.717, 1.165) is 57.1 Å². The molecule has 31 heavy (non-hydrogen) atoms. The Morgan fingerprint density at radius 3 is 2.48 bits per heavy atom. The molecule has 4 N–H and O–H groups in total. The predicted octanol–water partition coefficient (Wildman–Crippen LogP) is 1.43. The summed E-state index contributed by atoms with van der Waals surface area (Å²) in [5, 5.41) is 6.85. The molecule has 0 bridgehead atoms. The zero-order valence-electron chi connectivity index (χ0n) is 18.5. The van der Waals surface area contributed by atoms with Crippen LogP contribution in [0.25, 0.3) is 0 Å². The number of nitrogens with zero attached hydrogens (tertiary/aromatic N) is 3. The smallest absolute Gasteiger partial charge is 0.320 e. The third-order valence-electron chi connectivity index (χ3n) is 5.20. The van der Waals surface area contributed by atoms with E-state index in [9.17, 15) is 0 Å². The number of benzene rings is 1. The molecule has 1 aromatic heterocycles. The van der Waals surface area contributed by atoms with Crippen molar-refractivity contribution in [1.29, 1.82) is 0 Å². The third-order valence-corrected chi connectivity index (χ3v) is 5.20. The van der Waals surface area contributed by atoms with Crippen LogP contribution in [0.4, 0.5) is 11.6 Å². The molecule has 0 amide bonds. The first kappa shape index (κ1) is 23.2. The Morgan fingerprint density at radius 2 is 1.77 bits per heavy atom. The van der Waals surface area contributed by atoms with Gasteiger partial charge in [0.25, 0.3) is 0 Å². The Hall–Kier alpha value is -2.46. The van der Waals surface area contributed by atoms with Crippen LogP contribution in [-0.4, -0.2) is 74.6 Å². The maximum Gasteiger partial charge on any atom is 0.320 e. The largest absolute Gasteiger partial charge is 0.461 e. The van der Waals surface area contributed by atoms with Crippen LogP contribution in [0.2, 0.25) is 0 Å². The highest BCUT2D eigenvalue weighted by Crippen LogP contribution is 2.21. The molecule has 0 spiro atoms. The molecule has 0 radical (unpaired) electrons. The number of morpholine rings is 1. The van der Waals surface area contributed by atoms with Crippen molar-refractivity contribution < 1.29 is 14.2 Å². The Bertz CT molecular complexity index is 797. The van der Waals surface area contributed by atoms with Crippen molar-refractivity contribution in [2.45, 2.75) is 20.0 Å². The lowest BCUT2D eigenvalue weighted by molar-refractivity contribution is 0.0384. The number of hydrogen-bond acceptors (Lipinski definition) is 9. The van der Waals surface area contributed by atoms with Gasteiger partial charge in [0.1, 0.15) is 18.2 Å². The highest BCUT2D eigenvalue weighted by atomic mass is 16.5. The first-order valence-corrected chi connectivity index (χ1v) is 10.7. The number of aromatic nitrogens is 2. The summed E-state index contributed by atoms with van der Waals surface area (Å²) >= 11 is 0. The summed E-state index contributed by atoms with van der Waals surface area (Å²) < 4.78 is 15.9. The summed E-state index contributed by atoms with van der Waals surface area (Å²) in [4.78, 5) is 11.0. The van der Waals surface area contributed by atoms with Crippen LogP contribution in [0.5, 0.6) is 6.01 Å². The third kappa shape index (κ3) is 7.62. The monoisotopic (exact) mass is 430 g/mol. The van der Waals surface area contributed by atoms with E-state index in [1.54, 1.807) is 7.11 Å². The van der Waals surface area contributed by atoms with Crippen LogP contribution in [0.1, 0.15) is 16.7 Å². The summed E-state index contributed by atoms with van der Waals surface area (Å²) in [6.07, 6.45) is 0. The van der Waals surface area contributed by atoms with Crippen molar-refractivity contribution in [3.8, 4) is 6.01 Å². The molecule has 0 atom stereocenters. The van der Waals surface area contributed by atoms with Crippen molar-refractivity contribution in [3.63, 3.8) is 0 Å². The summed E-state index contributed by atoms with van der Waals surface area (Å²) in [5.74, 6) is 1.08. The number of nitrogens with two attached hydrogens (primary N) is 1. The second-order valence-corrected chi connectivity index (χ2v) is 7.51. The quantitative estimate of drug-likeness (QED) is 0.431. The summed E-state index contributed by atoms with van der Waals surface area (Å²) in [5.41, 5.74) is 9.24. The van der Waals surface area contributed by atoms with E-state index in [1.807, 2.05) is 6.92 Å². The van der Waals surface area contributed by atoms with Gasteiger partial charge in [0, 0.05) is 51.9 Å². The number of nitrogens with one attached hydrogen (secondary N) is 2.